The molecule has 2 aromatic rings. The van der Waals surface area contributed by atoms with E-state index in [2.05, 4.69) is 31.9 Å². The predicted octanol–water partition coefficient (Wildman–Crippen LogP) is 4.54. The van der Waals surface area contributed by atoms with Crippen molar-refractivity contribution < 1.29 is 19.2 Å². The van der Waals surface area contributed by atoms with E-state index in [9.17, 15) is 14.5 Å². The maximum absolute atomic E-state index is 13.4. The lowest BCUT2D eigenvalue weighted by Gasteiger charge is -2.11. The van der Waals surface area contributed by atoms with Gasteiger partial charge in [0, 0.05) is 18.2 Å². The van der Waals surface area contributed by atoms with Gasteiger partial charge in [-0.05, 0) is 49.6 Å². The van der Waals surface area contributed by atoms with Crippen molar-refractivity contribution in [1.82, 2.24) is 0 Å². The molecule has 0 aliphatic rings. The largest absolute Gasteiger partial charge is 0.455 e. The molecular formula is C13H8Br2FNO4. The Kier molecular flexibility index (Phi) is 4.92. The average molecular weight is 421 g/mol. The van der Waals surface area contributed by atoms with Crippen LogP contribution in [-0.4, -0.2) is 10.0 Å². The molecule has 0 saturated carbocycles. The van der Waals surface area contributed by atoms with Gasteiger partial charge < -0.3 is 9.84 Å². The van der Waals surface area contributed by atoms with Crippen LogP contribution >= 0.6 is 31.9 Å². The van der Waals surface area contributed by atoms with Crippen LogP contribution in [-0.2, 0) is 6.61 Å². The first-order chi connectivity index (χ1) is 9.90. The van der Waals surface area contributed by atoms with Crippen LogP contribution in [0, 0.1) is 15.9 Å². The number of nitro groups is 1. The Morgan fingerprint density at radius 2 is 1.81 bits per heavy atom. The van der Waals surface area contributed by atoms with E-state index in [1.165, 1.54) is 24.3 Å². The standard InChI is InChI=1S/C13H8Br2FNO4/c14-11-4-9(17(19)20)5-12(15)13(11)21-10-2-7(6-18)1-8(16)3-10/h1-5,18H,6H2. The van der Waals surface area contributed by atoms with Gasteiger partial charge in [-0.3, -0.25) is 10.1 Å². The first-order valence-electron chi connectivity index (χ1n) is 5.62. The summed E-state index contributed by atoms with van der Waals surface area (Å²) < 4.78 is 19.6. The van der Waals surface area contributed by atoms with Gasteiger partial charge in [-0.15, -0.1) is 0 Å². The number of aliphatic hydroxyl groups is 1. The quantitative estimate of drug-likeness (QED) is 0.582. The smallest absolute Gasteiger partial charge is 0.271 e. The van der Waals surface area contributed by atoms with Gasteiger partial charge in [0.05, 0.1) is 20.5 Å². The Bertz CT molecular complexity index is 686. The molecule has 0 aliphatic carbocycles. The summed E-state index contributed by atoms with van der Waals surface area (Å²) >= 11 is 6.35. The van der Waals surface area contributed by atoms with Crippen LogP contribution in [0.15, 0.2) is 39.3 Å². The summed E-state index contributed by atoms with van der Waals surface area (Å²) in [6.45, 7) is -0.323. The van der Waals surface area contributed by atoms with E-state index in [-0.39, 0.29) is 23.8 Å². The zero-order valence-corrected chi connectivity index (χ0v) is 13.5. The molecule has 2 aromatic carbocycles. The molecule has 0 heterocycles. The van der Waals surface area contributed by atoms with Gasteiger partial charge >= 0.3 is 0 Å². The van der Waals surface area contributed by atoms with E-state index in [0.717, 1.165) is 6.07 Å². The maximum atomic E-state index is 13.4. The molecule has 0 aromatic heterocycles. The van der Waals surface area contributed by atoms with Crippen LogP contribution in [0.2, 0.25) is 0 Å². The molecule has 5 nitrogen and oxygen atoms in total. The second-order valence-electron chi connectivity index (χ2n) is 4.05. The van der Waals surface area contributed by atoms with Crippen molar-refractivity contribution in [3.05, 3.63) is 60.8 Å². The maximum Gasteiger partial charge on any atom is 0.271 e. The summed E-state index contributed by atoms with van der Waals surface area (Å²) in [6, 6.07) is 6.38. The Morgan fingerprint density at radius 3 is 2.33 bits per heavy atom. The third kappa shape index (κ3) is 3.78. The van der Waals surface area contributed by atoms with Gasteiger partial charge in [-0.1, -0.05) is 0 Å². The summed E-state index contributed by atoms with van der Waals surface area (Å²) in [5, 5.41) is 19.8. The van der Waals surface area contributed by atoms with Gasteiger partial charge in [0.1, 0.15) is 11.6 Å². The Morgan fingerprint density at radius 1 is 1.19 bits per heavy atom. The third-order valence-corrected chi connectivity index (χ3v) is 3.71. The molecule has 1 N–H and O–H groups in total. The lowest BCUT2D eigenvalue weighted by atomic mass is 10.2. The molecule has 0 aliphatic heterocycles. The van der Waals surface area contributed by atoms with Crippen molar-refractivity contribution in [2.24, 2.45) is 0 Å². The minimum Gasteiger partial charge on any atom is -0.455 e. The summed E-state index contributed by atoms with van der Waals surface area (Å²) in [7, 11) is 0. The van der Waals surface area contributed by atoms with Crippen molar-refractivity contribution in [2.45, 2.75) is 6.61 Å². The van der Waals surface area contributed by atoms with Crippen LogP contribution in [0.3, 0.4) is 0 Å². The number of hydrogen-bond donors (Lipinski definition) is 1. The highest BCUT2D eigenvalue weighted by Gasteiger charge is 2.16. The van der Waals surface area contributed by atoms with Crippen LogP contribution in [0.4, 0.5) is 10.1 Å². The molecule has 0 atom stereocenters. The second-order valence-corrected chi connectivity index (χ2v) is 5.76. The van der Waals surface area contributed by atoms with Gasteiger partial charge in [0.2, 0.25) is 0 Å². The van der Waals surface area contributed by atoms with Crippen LogP contribution in [0.25, 0.3) is 0 Å². The summed E-state index contributed by atoms with van der Waals surface area (Å²) in [4.78, 5) is 10.2. The molecule has 0 amide bonds. The monoisotopic (exact) mass is 419 g/mol. The van der Waals surface area contributed by atoms with Crippen LogP contribution in [0.5, 0.6) is 11.5 Å². The molecule has 0 radical (unpaired) electrons. The third-order valence-electron chi connectivity index (χ3n) is 2.53. The molecular weight excluding hydrogens is 413 g/mol. The van der Waals surface area contributed by atoms with Gasteiger partial charge in [0.25, 0.3) is 5.69 Å². The normalized spacial score (nSPS) is 10.5. The molecule has 0 unspecified atom stereocenters. The number of non-ortho nitro benzene ring substituents is 1. The Balaban J connectivity index is 2.40. The number of halogens is 3. The first-order valence-corrected chi connectivity index (χ1v) is 7.21. The number of ether oxygens (including phenoxy) is 1. The molecule has 0 bridgehead atoms. The van der Waals surface area contributed by atoms with E-state index >= 15 is 0 Å². The van der Waals surface area contributed by atoms with E-state index in [4.69, 9.17) is 9.84 Å². The number of nitro benzene ring substituents is 1. The van der Waals surface area contributed by atoms with E-state index in [1.807, 2.05) is 0 Å². The number of hydrogen-bond acceptors (Lipinski definition) is 4. The number of rotatable bonds is 4. The Labute approximate surface area is 135 Å². The highest BCUT2D eigenvalue weighted by molar-refractivity contribution is 9.11. The Hall–Kier alpha value is -1.51. The molecule has 0 saturated heterocycles. The van der Waals surface area contributed by atoms with E-state index < -0.39 is 10.7 Å². The zero-order valence-electron chi connectivity index (χ0n) is 10.3. The lowest BCUT2D eigenvalue weighted by Crippen LogP contribution is -1.93. The summed E-state index contributed by atoms with van der Waals surface area (Å²) in [5.74, 6) is -0.102. The van der Waals surface area contributed by atoms with Crippen molar-refractivity contribution >= 4 is 37.5 Å². The number of benzene rings is 2. The van der Waals surface area contributed by atoms with Crippen LogP contribution < -0.4 is 4.74 Å². The fraction of sp³-hybridized carbons (Fsp3) is 0.0769. The van der Waals surface area contributed by atoms with E-state index in [1.54, 1.807) is 0 Å². The molecule has 21 heavy (non-hydrogen) atoms. The fourth-order valence-electron chi connectivity index (χ4n) is 1.64. The predicted molar refractivity (Wildman–Crippen MR) is 80.9 cm³/mol. The van der Waals surface area contributed by atoms with Crippen molar-refractivity contribution in [2.75, 3.05) is 0 Å². The molecule has 0 spiro atoms. The topological polar surface area (TPSA) is 72.6 Å². The minimum absolute atomic E-state index is 0.114. The van der Waals surface area contributed by atoms with Crippen molar-refractivity contribution in [3.8, 4) is 11.5 Å². The van der Waals surface area contributed by atoms with Crippen molar-refractivity contribution in [1.29, 1.82) is 0 Å². The molecule has 2 rings (SSSR count). The highest BCUT2D eigenvalue weighted by Crippen LogP contribution is 2.40. The second kappa shape index (κ2) is 6.50. The van der Waals surface area contributed by atoms with Crippen LogP contribution in [0.1, 0.15) is 5.56 Å². The number of aliphatic hydroxyl groups excluding tert-OH is 1. The lowest BCUT2D eigenvalue weighted by molar-refractivity contribution is -0.385. The van der Waals surface area contributed by atoms with Gasteiger partial charge in [-0.25, -0.2) is 4.39 Å². The highest BCUT2D eigenvalue weighted by atomic mass is 79.9. The van der Waals surface area contributed by atoms with Gasteiger partial charge in [0.15, 0.2) is 5.75 Å². The first kappa shape index (κ1) is 15.9. The molecule has 110 valence electrons. The molecule has 0 fully saturated rings. The fourth-order valence-corrected chi connectivity index (χ4v) is 2.96. The SMILES string of the molecule is O=[N+]([O-])c1cc(Br)c(Oc2cc(F)cc(CO)c2)c(Br)c1. The van der Waals surface area contributed by atoms with Gasteiger partial charge in [-0.2, -0.15) is 0 Å². The summed E-state index contributed by atoms with van der Waals surface area (Å²) in [5.41, 5.74) is 0.246. The zero-order chi connectivity index (χ0) is 15.6. The summed E-state index contributed by atoms with van der Waals surface area (Å²) in [6.07, 6.45) is 0. The number of nitrogens with zero attached hydrogens (tertiary/aromatic N) is 1. The van der Waals surface area contributed by atoms with E-state index in [0.29, 0.717) is 14.5 Å². The minimum atomic E-state index is -0.550. The molecule has 8 heteroatoms. The van der Waals surface area contributed by atoms with Crippen molar-refractivity contribution in [3.63, 3.8) is 0 Å². The average Bonchev–Trinajstić information content (AvgIpc) is 2.41.